The molecule has 0 radical (unpaired) electrons. The molecule has 4 heteroatoms. The van der Waals surface area contributed by atoms with Crippen molar-refractivity contribution < 1.29 is 4.79 Å². The second kappa shape index (κ2) is 8.19. The molecule has 2 aromatic carbocycles. The molecular weight excluding hydrogens is 346 g/mol. The lowest BCUT2D eigenvalue weighted by atomic mass is 9.94. The first-order chi connectivity index (χ1) is 13.6. The predicted octanol–water partition coefficient (Wildman–Crippen LogP) is 5.20. The van der Waals surface area contributed by atoms with Crippen molar-refractivity contribution in [3.05, 3.63) is 65.9 Å². The minimum atomic E-state index is -0.0513. The van der Waals surface area contributed by atoms with E-state index in [0.717, 1.165) is 23.1 Å². The van der Waals surface area contributed by atoms with Gasteiger partial charge in [0.05, 0.1) is 5.56 Å². The van der Waals surface area contributed by atoms with Gasteiger partial charge in [-0.1, -0.05) is 55.7 Å². The quantitative estimate of drug-likeness (QED) is 0.666. The molecule has 1 N–H and O–H groups in total. The van der Waals surface area contributed by atoms with E-state index in [-0.39, 0.29) is 5.91 Å². The van der Waals surface area contributed by atoms with E-state index in [1.54, 1.807) is 0 Å². The maximum atomic E-state index is 13.0. The molecule has 0 unspecified atom stereocenters. The fourth-order valence-corrected chi connectivity index (χ4v) is 4.41. The molecule has 1 fully saturated rings. The summed E-state index contributed by atoms with van der Waals surface area (Å²) in [6, 6.07) is 16.8. The molecule has 0 aliphatic heterocycles. The van der Waals surface area contributed by atoms with Crippen molar-refractivity contribution >= 4 is 22.5 Å². The third kappa shape index (κ3) is 3.83. The number of aromatic nitrogens is 1. The van der Waals surface area contributed by atoms with Gasteiger partial charge < -0.3 is 9.88 Å². The third-order valence-electron chi connectivity index (χ3n) is 6.02. The van der Waals surface area contributed by atoms with Gasteiger partial charge in [0.1, 0.15) is 0 Å². The van der Waals surface area contributed by atoms with Crippen LogP contribution in [0.15, 0.2) is 54.7 Å². The number of fused-ring (bicyclic) bond motifs is 1. The van der Waals surface area contributed by atoms with Crippen molar-refractivity contribution in [1.82, 2.24) is 9.47 Å². The molecule has 1 saturated carbocycles. The summed E-state index contributed by atoms with van der Waals surface area (Å²) in [5.74, 6) is -0.0513. The van der Waals surface area contributed by atoms with E-state index in [0.29, 0.717) is 11.6 Å². The van der Waals surface area contributed by atoms with Crippen molar-refractivity contribution in [1.29, 1.82) is 0 Å². The Morgan fingerprint density at radius 1 is 1.07 bits per heavy atom. The molecule has 1 heterocycles. The number of benzene rings is 2. The molecule has 1 aliphatic rings. The van der Waals surface area contributed by atoms with Crippen LogP contribution in [0, 0.1) is 0 Å². The van der Waals surface area contributed by atoms with E-state index in [1.165, 1.54) is 37.7 Å². The van der Waals surface area contributed by atoms with E-state index in [9.17, 15) is 4.79 Å². The zero-order valence-corrected chi connectivity index (χ0v) is 16.8. The second-order valence-corrected chi connectivity index (χ2v) is 7.99. The Bertz CT molecular complexity index is 969. The number of carbonyl (C=O) groups excluding carboxylic acids is 1. The highest BCUT2D eigenvalue weighted by Gasteiger charge is 2.20. The molecule has 146 valence electrons. The molecule has 0 spiro atoms. The van der Waals surface area contributed by atoms with Crippen molar-refractivity contribution in [2.45, 2.75) is 44.7 Å². The van der Waals surface area contributed by atoms with Gasteiger partial charge in [-0.3, -0.25) is 9.69 Å². The fourth-order valence-electron chi connectivity index (χ4n) is 4.41. The summed E-state index contributed by atoms with van der Waals surface area (Å²) in [7, 11) is 4.19. The first-order valence-electron chi connectivity index (χ1n) is 10.3. The molecule has 4 rings (SSSR count). The number of hydrogen-bond acceptors (Lipinski definition) is 2. The molecule has 0 atom stereocenters. The monoisotopic (exact) mass is 375 g/mol. The van der Waals surface area contributed by atoms with Crippen LogP contribution in [-0.4, -0.2) is 28.5 Å². The summed E-state index contributed by atoms with van der Waals surface area (Å²) < 4.78 is 2.01. The first kappa shape index (κ1) is 18.8. The van der Waals surface area contributed by atoms with Crippen LogP contribution in [0.1, 0.15) is 48.0 Å². The number of nitrogens with zero attached hydrogens (tertiary/aromatic N) is 2. The largest absolute Gasteiger partial charge is 0.350 e. The predicted molar refractivity (Wildman–Crippen MR) is 116 cm³/mol. The van der Waals surface area contributed by atoms with Crippen LogP contribution >= 0.6 is 0 Å². The Hall–Kier alpha value is -2.59. The van der Waals surface area contributed by atoms with Crippen molar-refractivity contribution in [2.24, 2.45) is 7.05 Å². The van der Waals surface area contributed by atoms with Gasteiger partial charge in [-0.05, 0) is 37.6 Å². The minimum Gasteiger partial charge on any atom is -0.350 e. The van der Waals surface area contributed by atoms with Crippen LogP contribution in [-0.2, 0) is 13.6 Å². The van der Waals surface area contributed by atoms with Gasteiger partial charge in [-0.25, -0.2) is 0 Å². The van der Waals surface area contributed by atoms with Crippen LogP contribution < -0.4 is 5.32 Å². The number of para-hydroxylation sites is 2. The molecule has 4 nitrogen and oxygen atoms in total. The third-order valence-corrected chi connectivity index (χ3v) is 6.02. The lowest BCUT2D eigenvalue weighted by Crippen LogP contribution is -2.33. The van der Waals surface area contributed by atoms with Gasteiger partial charge in [0.25, 0.3) is 5.91 Å². The second-order valence-electron chi connectivity index (χ2n) is 7.99. The van der Waals surface area contributed by atoms with Crippen LogP contribution in [0.3, 0.4) is 0 Å². The Labute approximate surface area is 167 Å². The normalized spacial score (nSPS) is 15.2. The molecular formula is C24H29N3O. The molecule has 0 saturated heterocycles. The van der Waals surface area contributed by atoms with Gasteiger partial charge >= 0.3 is 0 Å². The number of carbonyl (C=O) groups is 1. The van der Waals surface area contributed by atoms with E-state index in [1.807, 2.05) is 54.2 Å². The number of amides is 1. The maximum Gasteiger partial charge on any atom is 0.257 e. The SMILES string of the molecule is CN(Cc1ccccc1NC(=O)c1cn(C)c2ccccc12)C1CCCCC1. The molecule has 3 aromatic rings. The number of anilines is 1. The smallest absolute Gasteiger partial charge is 0.257 e. The minimum absolute atomic E-state index is 0.0513. The molecule has 1 aromatic heterocycles. The van der Waals surface area contributed by atoms with Gasteiger partial charge in [0, 0.05) is 42.4 Å². The molecule has 1 aliphatic carbocycles. The summed E-state index contributed by atoms with van der Waals surface area (Å²) >= 11 is 0. The Balaban J connectivity index is 1.54. The number of rotatable bonds is 5. The van der Waals surface area contributed by atoms with Gasteiger partial charge in [0.2, 0.25) is 0 Å². The lowest BCUT2D eigenvalue weighted by molar-refractivity contribution is 0.102. The van der Waals surface area contributed by atoms with E-state index >= 15 is 0 Å². The average molecular weight is 376 g/mol. The highest BCUT2D eigenvalue weighted by Crippen LogP contribution is 2.26. The van der Waals surface area contributed by atoms with Crippen molar-refractivity contribution in [3.8, 4) is 0 Å². The summed E-state index contributed by atoms with van der Waals surface area (Å²) in [5.41, 5.74) is 3.86. The van der Waals surface area contributed by atoms with Crippen LogP contribution in [0.2, 0.25) is 0 Å². The van der Waals surface area contributed by atoms with E-state index < -0.39 is 0 Å². The molecule has 1 amide bonds. The maximum absolute atomic E-state index is 13.0. The number of hydrogen-bond donors (Lipinski definition) is 1. The van der Waals surface area contributed by atoms with Crippen LogP contribution in [0.4, 0.5) is 5.69 Å². The highest BCUT2D eigenvalue weighted by molar-refractivity contribution is 6.13. The van der Waals surface area contributed by atoms with Crippen molar-refractivity contribution in [2.75, 3.05) is 12.4 Å². The zero-order chi connectivity index (χ0) is 19.5. The zero-order valence-electron chi connectivity index (χ0n) is 16.8. The molecule has 0 bridgehead atoms. The molecule has 28 heavy (non-hydrogen) atoms. The first-order valence-corrected chi connectivity index (χ1v) is 10.3. The summed E-state index contributed by atoms with van der Waals surface area (Å²) in [4.78, 5) is 15.5. The van der Waals surface area contributed by atoms with Gasteiger partial charge in [-0.15, -0.1) is 0 Å². The Morgan fingerprint density at radius 3 is 2.61 bits per heavy atom. The summed E-state index contributed by atoms with van der Waals surface area (Å²) in [6.45, 7) is 0.858. The standard InChI is InChI=1S/C24H29N3O/c1-26(19-11-4-3-5-12-19)16-18-10-6-8-14-22(18)25-24(28)21-17-27(2)23-15-9-7-13-20(21)23/h6-10,13-15,17,19H,3-5,11-12,16H2,1-2H3,(H,25,28). The number of aryl methyl sites for hydroxylation is 1. The summed E-state index contributed by atoms with van der Waals surface area (Å²) in [6.07, 6.45) is 8.49. The lowest BCUT2D eigenvalue weighted by Gasteiger charge is -2.31. The highest BCUT2D eigenvalue weighted by atomic mass is 16.1. The Morgan fingerprint density at radius 2 is 1.79 bits per heavy atom. The van der Waals surface area contributed by atoms with Crippen LogP contribution in [0.25, 0.3) is 10.9 Å². The van der Waals surface area contributed by atoms with Gasteiger partial charge in [-0.2, -0.15) is 0 Å². The van der Waals surface area contributed by atoms with E-state index in [2.05, 4.69) is 29.4 Å². The summed E-state index contributed by atoms with van der Waals surface area (Å²) in [5, 5.41) is 4.15. The fraction of sp³-hybridized carbons (Fsp3) is 0.375. The topological polar surface area (TPSA) is 37.3 Å². The van der Waals surface area contributed by atoms with Crippen molar-refractivity contribution in [3.63, 3.8) is 0 Å². The van der Waals surface area contributed by atoms with Gasteiger partial charge in [0.15, 0.2) is 0 Å². The van der Waals surface area contributed by atoms with E-state index in [4.69, 9.17) is 0 Å². The Kier molecular flexibility index (Phi) is 5.49. The average Bonchev–Trinajstić information content (AvgIpc) is 3.07. The number of nitrogens with one attached hydrogen (secondary N) is 1. The van der Waals surface area contributed by atoms with Crippen LogP contribution in [0.5, 0.6) is 0 Å².